The van der Waals surface area contributed by atoms with Crippen LogP contribution in [-0.2, 0) is 23.7 Å². The number of carboxylic acids is 2. The van der Waals surface area contributed by atoms with Crippen LogP contribution in [-0.4, -0.2) is 91.6 Å². The Morgan fingerprint density at radius 2 is 1.58 bits per heavy atom. The highest BCUT2D eigenvalue weighted by atomic mass is 16.6. The van der Waals surface area contributed by atoms with E-state index in [1.165, 1.54) is 29.8 Å². The first-order valence-electron chi connectivity index (χ1n) is 10.8. The summed E-state index contributed by atoms with van der Waals surface area (Å²) in [5.41, 5.74) is 0.0414. The number of piperazine rings is 1. The summed E-state index contributed by atoms with van der Waals surface area (Å²) in [6.07, 6.45) is -0.611. The third-order valence-corrected chi connectivity index (χ3v) is 5.47. The highest BCUT2D eigenvalue weighted by Gasteiger charge is 2.22. The molecule has 0 aliphatic carbocycles. The van der Waals surface area contributed by atoms with Crippen molar-refractivity contribution >= 4 is 29.1 Å². The lowest BCUT2D eigenvalue weighted by Gasteiger charge is -2.37. The molecule has 0 radical (unpaired) electrons. The van der Waals surface area contributed by atoms with Gasteiger partial charge >= 0.3 is 17.6 Å². The minimum atomic E-state index is -1.82. The number of benzene rings is 1. The third kappa shape index (κ3) is 7.64. The van der Waals surface area contributed by atoms with Crippen molar-refractivity contribution in [2.45, 2.75) is 6.10 Å². The van der Waals surface area contributed by atoms with Crippen LogP contribution in [0.25, 0.3) is 0 Å². The van der Waals surface area contributed by atoms with Crippen LogP contribution >= 0.6 is 0 Å². The Hall–Kier alpha value is -4.24. The minimum Gasteiger partial charge on any atom is -0.473 e. The summed E-state index contributed by atoms with van der Waals surface area (Å²) in [4.78, 5) is 56.6. The number of aliphatic carboxylic acids is 2. The standard InChI is InChI=1S/C19H26N6O5.C2H2O4/c1-21-17(11-18(27)22(2)19(21)28)24-9-7-23(8-10-24)13-16(26)12-20-14-3-5-15(6-4-14)25(29)30;3-1(4)2(5)6/h3-6,11,16,20,26H,7-10,12-13H2,1-2H3;(H,3,4)(H,5,6). The van der Waals surface area contributed by atoms with E-state index in [0.717, 1.165) is 4.57 Å². The van der Waals surface area contributed by atoms with Gasteiger partial charge in [0.1, 0.15) is 5.82 Å². The smallest absolute Gasteiger partial charge is 0.414 e. The maximum atomic E-state index is 12.1. The summed E-state index contributed by atoms with van der Waals surface area (Å²) in [5, 5.41) is 38.9. The average molecular weight is 508 g/mol. The van der Waals surface area contributed by atoms with Gasteiger partial charge in [0.15, 0.2) is 0 Å². The zero-order valence-corrected chi connectivity index (χ0v) is 19.7. The monoisotopic (exact) mass is 508 g/mol. The summed E-state index contributed by atoms with van der Waals surface area (Å²) in [6.45, 7) is 3.46. The van der Waals surface area contributed by atoms with E-state index in [1.807, 2.05) is 4.90 Å². The van der Waals surface area contributed by atoms with Gasteiger partial charge in [-0.15, -0.1) is 0 Å². The van der Waals surface area contributed by atoms with Crippen LogP contribution in [0.4, 0.5) is 17.2 Å². The number of nitro benzene ring substituents is 1. The lowest BCUT2D eigenvalue weighted by Crippen LogP contribution is -2.51. The molecular weight excluding hydrogens is 480 g/mol. The Bertz CT molecular complexity index is 1190. The number of non-ortho nitro benzene ring substituents is 1. The largest absolute Gasteiger partial charge is 0.473 e. The number of β-amino-alcohol motifs (C(OH)–C–C–N with tert-alkyl or cyclic N) is 1. The molecule has 15 heteroatoms. The molecule has 1 aliphatic rings. The highest BCUT2D eigenvalue weighted by molar-refractivity contribution is 6.27. The number of nitrogens with zero attached hydrogens (tertiary/aromatic N) is 5. The molecule has 1 fully saturated rings. The second kappa shape index (κ2) is 12.5. The van der Waals surface area contributed by atoms with Crippen LogP contribution in [0, 0.1) is 10.1 Å². The van der Waals surface area contributed by atoms with Gasteiger partial charge in [0, 0.05) is 77.3 Å². The van der Waals surface area contributed by atoms with Crippen molar-refractivity contribution < 1.29 is 29.8 Å². The lowest BCUT2D eigenvalue weighted by atomic mass is 10.2. The molecule has 4 N–H and O–H groups in total. The zero-order chi connectivity index (χ0) is 27.0. The van der Waals surface area contributed by atoms with E-state index in [2.05, 4.69) is 10.2 Å². The van der Waals surface area contributed by atoms with Gasteiger partial charge in [0.2, 0.25) is 0 Å². The SMILES string of the molecule is Cn1c(N2CCN(CC(O)CNc3ccc([N+](=O)[O-])cc3)CC2)cc(=O)n(C)c1=O.O=C(O)C(=O)O. The van der Waals surface area contributed by atoms with Gasteiger partial charge in [-0.3, -0.25) is 28.9 Å². The normalized spacial score (nSPS) is 14.4. The first kappa shape index (κ1) is 28.0. The summed E-state index contributed by atoms with van der Waals surface area (Å²) in [6, 6.07) is 7.52. The number of nitrogens with one attached hydrogen (secondary N) is 1. The number of carbonyl (C=O) groups is 2. The van der Waals surface area contributed by atoms with E-state index < -0.39 is 23.0 Å². The number of hydrogen-bond donors (Lipinski definition) is 4. The topological polar surface area (TPSA) is 200 Å². The van der Waals surface area contributed by atoms with E-state index in [9.17, 15) is 24.8 Å². The molecule has 1 unspecified atom stereocenters. The van der Waals surface area contributed by atoms with E-state index in [-0.39, 0.29) is 16.9 Å². The second-order valence-corrected chi connectivity index (χ2v) is 7.98. The van der Waals surface area contributed by atoms with Gasteiger partial charge in [-0.2, -0.15) is 0 Å². The Morgan fingerprint density at radius 3 is 2.08 bits per heavy atom. The maximum absolute atomic E-state index is 12.1. The van der Waals surface area contributed by atoms with Crippen molar-refractivity contribution in [3.63, 3.8) is 0 Å². The molecule has 0 saturated carbocycles. The van der Waals surface area contributed by atoms with E-state index in [0.29, 0.717) is 50.8 Å². The molecule has 1 aromatic carbocycles. The molecule has 2 aromatic rings. The van der Waals surface area contributed by atoms with Gasteiger partial charge in [0.05, 0.1) is 11.0 Å². The molecule has 2 heterocycles. The average Bonchev–Trinajstić information content (AvgIpc) is 2.85. The molecule has 1 aromatic heterocycles. The van der Waals surface area contributed by atoms with Crippen LogP contribution in [0.3, 0.4) is 0 Å². The Labute approximate surface area is 204 Å². The highest BCUT2D eigenvalue weighted by Crippen LogP contribution is 2.16. The molecule has 1 atom stereocenters. The van der Waals surface area contributed by atoms with Gasteiger partial charge < -0.3 is 25.5 Å². The number of rotatable bonds is 7. The molecule has 1 saturated heterocycles. The van der Waals surface area contributed by atoms with E-state index in [4.69, 9.17) is 19.8 Å². The number of anilines is 2. The Kier molecular flexibility index (Phi) is 9.69. The molecule has 3 rings (SSSR count). The van der Waals surface area contributed by atoms with Crippen molar-refractivity contribution in [1.82, 2.24) is 14.0 Å². The lowest BCUT2D eigenvalue weighted by molar-refractivity contribution is -0.384. The summed E-state index contributed by atoms with van der Waals surface area (Å²) < 4.78 is 2.55. The Balaban J connectivity index is 0.000000678. The van der Waals surface area contributed by atoms with Gasteiger partial charge in [-0.25, -0.2) is 14.4 Å². The summed E-state index contributed by atoms with van der Waals surface area (Å²) in [5.74, 6) is -3.05. The van der Waals surface area contributed by atoms with Crippen LogP contribution in [0.2, 0.25) is 0 Å². The predicted molar refractivity (Wildman–Crippen MR) is 128 cm³/mol. The number of aliphatic hydroxyl groups is 1. The van der Waals surface area contributed by atoms with Crippen molar-refractivity contribution in [1.29, 1.82) is 0 Å². The molecule has 0 spiro atoms. The predicted octanol–water partition coefficient (Wildman–Crippen LogP) is -1.26. The molecule has 36 heavy (non-hydrogen) atoms. The van der Waals surface area contributed by atoms with Gasteiger partial charge in [-0.05, 0) is 12.1 Å². The molecule has 0 bridgehead atoms. The number of hydrogen-bond acceptors (Lipinski definition) is 10. The molecular formula is C21H28N6O9. The molecule has 196 valence electrons. The van der Waals surface area contributed by atoms with E-state index in [1.54, 1.807) is 19.2 Å². The minimum absolute atomic E-state index is 0.0211. The van der Waals surface area contributed by atoms with E-state index >= 15 is 0 Å². The number of nitro groups is 1. The maximum Gasteiger partial charge on any atom is 0.414 e. The van der Waals surface area contributed by atoms with Crippen molar-refractivity contribution in [3.8, 4) is 0 Å². The van der Waals surface area contributed by atoms with Crippen LogP contribution in [0.5, 0.6) is 0 Å². The fourth-order valence-corrected chi connectivity index (χ4v) is 3.48. The first-order valence-corrected chi connectivity index (χ1v) is 10.8. The number of carboxylic acid groups (broad SMARTS) is 2. The summed E-state index contributed by atoms with van der Waals surface area (Å²) >= 11 is 0. The first-order chi connectivity index (χ1) is 16.9. The summed E-state index contributed by atoms with van der Waals surface area (Å²) in [7, 11) is 3.11. The van der Waals surface area contributed by atoms with Crippen molar-refractivity contribution in [3.05, 3.63) is 61.3 Å². The number of aromatic nitrogens is 2. The fourth-order valence-electron chi connectivity index (χ4n) is 3.48. The molecule has 1 aliphatic heterocycles. The van der Waals surface area contributed by atoms with Gasteiger partial charge in [-0.1, -0.05) is 0 Å². The zero-order valence-electron chi connectivity index (χ0n) is 19.7. The molecule has 15 nitrogen and oxygen atoms in total. The van der Waals surface area contributed by atoms with Crippen molar-refractivity contribution in [2.75, 3.05) is 49.5 Å². The van der Waals surface area contributed by atoms with Crippen LogP contribution in [0.1, 0.15) is 0 Å². The Morgan fingerprint density at radius 1 is 1.03 bits per heavy atom. The fraction of sp³-hybridized carbons (Fsp3) is 0.429. The van der Waals surface area contributed by atoms with Crippen molar-refractivity contribution in [2.24, 2.45) is 14.1 Å². The molecule has 0 amide bonds. The quantitative estimate of drug-likeness (QED) is 0.197. The van der Waals surface area contributed by atoms with Gasteiger partial charge in [0.25, 0.3) is 11.2 Å². The number of aliphatic hydroxyl groups excluding tert-OH is 1. The van der Waals surface area contributed by atoms with Crippen LogP contribution in [0.15, 0.2) is 39.9 Å². The third-order valence-electron chi connectivity index (χ3n) is 5.47. The second-order valence-electron chi connectivity index (χ2n) is 7.98. The van der Waals surface area contributed by atoms with Crippen LogP contribution < -0.4 is 21.5 Å².